The summed E-state index contributed by atoms with van der Waals surface area (Å²) in [6, 6.07) is 0. The van der Waals surface area contributed by atoms with E-state index >= 15 is 0 Å². The van der Waals surface area contributed by atoms with Crippen LogP contribution in [0.3, 0.4) is 0 Å². The van der Waals surface area contributed by atoms with Gasteiger partial charge in [-0.05, 0) is 46.1 Å². The Balaban J connectivity index is 3.83. The Morgan fingerprint density at radius 3 is 2.44 bits per heavy atom. The number of hydrogen-bond donors (Lipinski definition) is 0. The van der Waals surface area contributed by atoms with Crippen molar-refractivity contribution in [2.75, 3.05) is 0 Å². The van der Waals surface area contributed by atoms with Gasteiger partial charge in [0.25, 0.3) is 0 Å². The summed E-state index contributed by atoms with van der Waals surface area (Å²) in [6.45, 7) is 8.00. The largest absolute Gasteiger partial charge is 0.498 e. The van der Waals surface area contributed by atoms with Gasteiger partial charge in [-0.2, -0.15) is 0 Å². The summed E-state index contributed by atoms with van der Waals surface area (Å²) >= 11 is 0. The van der Waals surface area contributed by atoms with Crippen LogP contribution in [0, 0.1) is 0 Å². The van der Waals surface area contributed by atoms with E-state index in [-0.39, 0.29) is 0 Å². The minimum atomic E-state index is 0.307. The van der Waals surface area contributed by atoms with Crippen LogP contribution in [-0.4, -0.2) is 6.10 Å². The molecule has 0 aromatic carbocycles. The molecule has 0 saturated carbocycles. The minimum Gasteiger partial charge on any atom is -0.498 e. The molecular weight excluding hydrogens is 200 g/mol. The summed E-state index contributed by atoms with van der Waals surface area (Å²) in [4.78, 5) is 0. The fourth-order valence-corrected chi connectivity index (χ4v) is 1.25. The lowest BCUT2D eigenvalue weighted by molar-refractivity contribution is 0.132. The highest BCUT2D eigenvalue weighted by Gasteiger charge is 2.03. The predicted molar refractivity (Wildman–Crippen MR) is 68.9 cm³/mol. The quantitative estimate of drug-likeness (QED) is 0.563. The van der Waals surface area contributed by atoms with Crippen molar-refractivity contribution in [2.45, 2.75) is 53.1 Å². The van der Waals surface area contributed by atoms with Gasteiger partial charge < -0.3 is 9.47 Å². The standard InChI is InChI=1S/C14H24O2/c1-5-11-15-13(4)9-8-10-14(7-3)16-12-6-2/h5-6,9,11-12,14H,7-8,10H2,1-4H3. The first kappa shape index (κ1) is 14.8. The topological polar surface area (TPSA) is 18.5 Å². The fraction of sp³-hybridized carbons (Fsp3) is 0.571. The van der Waals surface area contributed by atoms with Crippen LogP contribution < -0.4 is 0 Å². The van der Waals surface area contributed by atoms with Gasteiger partial charge in [-0.3, -0.25) is 0 Å². The van der Waals surface area contributed by atoms with Crippen LogP contribution in [0.15, 0.2) is 36.5 Å². The molecule has 1 unspecified atom stereocenters. The van der Waals surface area contributed by atoms with Crippen LogP contribution >= 0.6 is 0 Å². The molecule has 2 nitrogen and oxygen atoms in total. The van der Waals surface area contributed by atoms with E-state index in [0.29, 0.717) is 6.10 Å². The van der Waals surface area contributed by atoms with E-state index in [1.165, 1.54) is 0 Å². The number of rotatable bonds is 8. The van der Waals surface area contributed by atoms with Gasteiger partial charge in [0, 0.05) is 0 Å². The van der Waals surface area contributed by atoms with Crippen molar-refractivity contribution in [1.29, 1.82) is 0 Å². The third kappa shape index (κ3) is 8.16. The van der Waals surface area contributed by atoms with Crippen molar-refractivity contribution >= 4 is 0 Å². The number of ether oxygens (including phenoxy) is 2. The second kappa shape index (κ2) is 10.3. The molecule has 92 valence electrons. The molecule has 0 aromatic rings. The second-order valence-corrected chi connectivity index (χ2v) is 3.62. The molecule has 0 aliphatic rings. The molecule has 1 atom stereocenters. The SMILES string of the molecule is CC=COC(C)=CCCC(CC)OC=CC. The summed E-state index contributed by atoms with van der Waals surface area (Å²) in [6.07, 6.45) is 12.7. The van der Waals surface area contributed by atoms with Gasteiger partial charge in [0.05, 0.1) is 24.4 Å². The molecule has 0 aromatic heterocycles. The molecule has 0 fully saturated rings. The van der Waals surface area contributed by atoms with Crippen molar-refractivity contribution in [3.8, 4) is 0 Å². The maximum Gasteiger partial charge on any atom is 0.0978 e. The second-order valence-electron chi connectivity index (χ2n) is 3.62. The first-order chi connectivity index (χ1) is 7.74. The Morgan fingerprint density at radius 1 is 1.19 bits per heavy atom. The van der Waals surface area contributed by atoms with E-state index in [1.54, 1.807) is 12.5 Å². The van der Waals surface area contributed by atoms with Crippen molar-refractivity contribution in [2.24, 2.45) is 0 Å². The van der Waals surface area contributed by atoms with Crippen LogP contribution in [0.1, 0.15) is 47.0 Å². The highest BCUT2D eigenvalue weighted by Crippen LogP contribution is 2.09. The van der Waals surface area contributed by atoms with Crippen molar-refractivity contribution in [1.82, 2.24) is 0 Å². The molecule has 0 N–H and O–H groups in total. The van der Waals surface area contributed by atoms with Crippen LogP contribution in [0.5, 0.6) is 0 Å². The molecule has 0 aliphatic carbocycles. The first-order valence-corrected chi connectivity index (χ1v) is 5.95. The van der Waals surface area contributed by atoms with E-state index in [2.05, 4.69) is 13.0 Å². The summed E-state index contributed by atoms with van der Waals surface area (Å²) < 4.78 is 10.9. The van der Waals surface area contributed by atoms with Crippen LogP contribution in [-0.2, 0) is 9.47 Å². The maximum absolute atomic E-state index is 5.54. The van der Waals surface area contributed by atoms with Crippen LogP contribution in [0.2, 0.25) is 0 Å². The molecule has 0 radical (unpaired) electrons. The molecule has 0 rings (SSSR count). The molecule has 0 bridgehead atoms. The molecule has 2 heteroatoms. The van der Waals surface area contributed by atoms with Gasteiger partial charge >= 0.3 is 0 Å². The molecule has 16 heavy (non-hydrogen) atoms. The lowest BCUT2D eigenvalue weighted by atomic mass is 10.1. The number of allylic oxidation sites excluding steroid dienone is 4. The van der Waals surface area contributed by atoms with Crippen molar-refractivity contribution < 1.29 is 9.47 Å². The highest BCUT2D eigenvalue weighted by atomic mass is 16.5. The molecule has 0 aliphatic heterocycles. The Kier molecular flexibility index (Phi) is 9.58. The van der Waals surface area contributed by atoms with Crippen LogP contribution in [0.25, 0.3) is 0 Å². The van der Waals surface area contributed by atoms with Gasteiger partial charge in [0.2, 0.25) is 0 Å². The van der Waals surface area contributed by atoms with E-state index < -0.39 is 0 Å². The Morgan fingerprint density at radius 2 is 1.88 bits per heavy atom. The van der Waals surface area contributed by atoms with Gasteiger partial charge in [-0.15, -0.1) is 0 Å². The lowest BCUT2D eigenvalue weighted by Gasteiger charge is -2.13. The van der Waals surface area contributed by atoms with Gasteiger partial charge in [0.15, 0.2) is 0 Å². The molecular formula is C14H24O2. The Bertz CT molecular complexity index is 239. The summed E-state index contributed by atoms with van der Waals surface area (Å²) in [5.74, 6) is 0.944. The lowest BCUT2D eigenvalue weighted by Crippen LogP contribution is -2.07. The summed E-state index contributed by atoms with van der Waals surface area (Å²) in [7, 11) is 0. The van der Waals surface area contributed by atoms with Gasteiger partial charge in [0.1, 0.15) is 0 Å². The smallest absolute Gasteiger partial charge is 0.0978 e. The minimum absolute atomic E-state index is 0.307. The van der Waals surface area contributed by atoms with E-state index in [9.17, 15) is 0 Å². The normalized spacial score (nSPS) is 14.6. The zero-order valence-corrected chi connectivity index (χ0v) is 10.9. The first-order valence-electron chi connectivity index (χ1n) is 5.95. The Labute approximate surface area is 99.6 Å². The average molecular weight is 224 g/mol. The van der Waals surface area contributed by atoms with E-state index in [0.717, 1.165) is 25.0 Å². The zero-order valence-electron chi connectivity index (χ0n) is 10.9. The van der Waals surface area contributed by atoms with E-state index in [1.807, 2.05) is 32.9 Å². The van der Waals surface area contributed by atoms with E-state index in [4.69, 9.17) is 9.47 Å². The molecule has 0 saturated heterocycles. The monoisotopic (exact) mass is 224 g/mol. The Hall–Kier alpha value is -1.18. The van der Waals surface area contributed by atoms with Crippen LogP contribution in [0.4, 0.5) is 0 Å². The molecule has 0 amide bonds. The average Bonchev–Trinajstić information content (AvgIpc) is 2.30. The van der Waals surface area contributed by atoms with Gasteiger partial charge in [-0.25, -0.2) is 0 Å². The zero-order chi connectivity index (χ0) is 12.2. The van der Waals surface area contributed by atoms with Crippen molar-refractivity contribution in [3.63, 3.8) is 0 Å². The number of hydrogen-bond acceptors (Lipinski definition) is 2. The van der Waals surface area contributed by atoms with Gasteiger partial charge in [-0.1, -0.05) is 19.1 Å². The van der Waals surface area contributed by atoms with Crippen molar-refractivity contribution in [3.05, 3.63) is 36.5 Å². The summed E-state index contributed by atoms with van der Waals surface area (Å²) in [5.41, 5.74) is 0. The third-order valence-corrected chi connectivity index (χ3v) is 2.17. The third-order valence-electron chi connectivity index (χ3n) is 2.17. The molecule has 0 spiro atoms. The fourth-order valence-electron chi connectivity index (χ4n) is 1.25. The molecule has 0 heterocycles. The predicted octanol–water partition coefficient (Wildman–Crippen LogP) is 4.55. The maximum atomic E-state index is 5.54. The highest BCUT2D eigenvalue weighted by molar-refractivity contribution is 4.91. The summed E-state index contributed by atoms with van der Waals surface area (Å²) in [5, 5.41) is 0.